The van der Waals surface area contributed by atoms with Crippen LogP contribution in [-0.4, -0.2) is 34.4 Å². The summed E-state index contributed by atoms with van der Waals surface area (Å²) in [6.45, 7) is 1.90. The van der Waals surface area contributed by atoms with Gasteiger partial charge in [0.25, 0.3) is 5.91 Å². The maximum absolute atomic E-state index is 12.9. The molecule has 150 valence electrons. The Labute approximate surface area is 173 Å². The molecule has 0 bridgehead atoms. The topological polar surface area (TPSA) is 125 Å². The second-order valence-electron chi connectivity index (χ2n) is 6.59. The molecule has 1 unspecified atom stereocenters. The van der Waals surface area contributed by atoms with E-state index in [4.69, 9.17) is 5.26 Å². The SMILES string of the molecule is CCN(C#N)C(=O)C(Cc1c[nH]c2ccccc12)NC(=O)Nc1ccc(C#N)cc1. The van der Waals surface area contributed by atoms with E-state index in [0.29, 0.717) is 11.3 Å². The smallest absolute Gasteiger partial charge is 0.319 e. The number of hydrogen-bond donors (Lipinski definition) is 3. The summed E-state index contributed by atoms with van der Waals surface area (Å²) < 4.78 is 0. The Hall–Kier alpha value is -4.30. The molecular weight excluding hydrogens is 380 g/mol. The monoisotopic (exact) mass is 400 g/mol. The number of aromatic amines is 1. The van der Waals surface area contributed by atoms with Gasteiger partial charge in [0.1, 0.15) is 6.04 Å². The summed E-state index contributed by atoms with van der Waals surface area (Å²) in [6, 6.07) is 14.5. The van der Waals surface area contributed by atoms with Gasteiger partial charge < -0.3 is 15.6 Å². The number of anilines is 1. The molecule has 3 N–H and O–H groups in total. The van der Waals surface area contributed by atoms with Crippen LogP contribution in [0.5, 0.6) is 0 Å². The van der Waals surface area contributed by atoms with Gasteiger partial charge >= 0.3 is 6.03 Å². The van der Waals surface area contributed by atoms with Crippen LogP contribution < -0.4 is 10.6 Å². The fourth-order valence-electron chi connectivity index (χ4n) is 3.14. The van der Waals surface area contributed by atoms with Crippen LogP contribution in [0.1, 0.15) is 18.1 Å². The Morgan fingerprint density at radius 3 is 2.53 bits per heavy atom. The lowest BCUT2D eigenvalue weighted by Gasteiger charge is -2.21. The number of carbonyl (C=O) groups is 2. The van der Waals surface area contributed by atoms with Crippen LogP contribution in [0.15, 0.2) is 54.7 Å². The molecule has 0 aliphatic heterocycles. The maximum Gasteiger partial charge on any atom is 0.319 e. The predicted molar refractivity (Wildman–Crippen MR) is 112 cm³/mol. The number of nitriles is 2. The van der Waals surface area contributed by atoms with E-state index >= 15 is 0 Å². The third kappa shape index (κ3) is 4.57. The minimum absolute atomic E-state index is 0.207. The van der Waals surface area contributed by atoms with Gasteiger partial charge in [0, 0.05) is 35.8 Å². The standard InChI is InChI=1S/C22H20N6O2/c1-2-28(14-24)21(29)20(11-16-13-25-19-6-4-3-5-18(16)19)27-22(30)26-17-9-7-15(12-23)8-10-17/h3-10,13,20,25H,2,11H2,1H3,(H2,26,27,30). The molecule has 1 aromatic heterocycles. The number of likely N-dealkylation sites (N-methyl/N-ethyl adjacent to an activating group) is 1. The molecule has 0 aliphatic rings. The number of fused-ring (bicyclic) bond motifs is 1. The van der Waals surface area contributed by atoms with Crippen LogP contribution in [0.25, 0.3) is 10.9 Å². The number of rotatable bonds is 6. The molecule has 3 aromatic rings. The zero-order chi connectivity index (χ0) is 21.5. The van der Waals surface area contributed by atoms with Gasteiger partial charge in [-0.15, -0.1) is 0 Å². The third-order valence-electron chi connectivity index (χ3n) is 4.68. The molecule has 30 heavy (non-hydrogen) atoms. The van der Waals surface area contributed by atoms with Crippen molar-refractivity contribution < 1.29 is 9.59 Å². The van der Waals surface area contributed by atoms with Crippen LogP contribution in [0, 0.1) is 22.8 Å². The zero-order valence-corrected chi connectivity index (χ0v) is 16.3. The van der Waals surface area contributed by atoms with E-state index in [0.717, 1.165) is 21.4 Å². The second-order valence-corrected chi connectivity index (χ2v) is 6.59. The van der Waals surface area contributed by atoms with Gasteiger partial charge in [0.2, 0.25) is 0 Å². The fraction of sp³-hybridized carbons (Fsp3) is 0.182. The number of para-hydroxylation sites is 1. The van der Waals surface area contributed by atoms with Crippen molar-refractivity contribution in [2.75, 3.05) is 11.9 Å². The highest BCUT2D eigenvalue weighted by atomic mass is 16.2. The lowest BCUT2D eigenvalue weighted by molar-refractivity contribution is -0.129. The number of hydrogen-bond acceptors (Lipinski definition) is 4. The average Bonchev–Trinajstić information content (AvgIpc) is 3.17. The van der Waals surface area contributed by atoms with Gasteiger partial charge in [-0.2, -0.15) is 10.5 Å². The lowest BCUT2D eigenvalue weighted by atomic mass is 10.0. The molecular formula is C22H20N6O2. The van der Waals surface area contributed by atoms with E-state index in [9.17, 15) is 14.9 Å². The molecule has 0 fully saturated rings. The number of H-pyrrole nitrogens is 1. The minimum Gasteiger partial charge on any atom is -0.361 e. The first-order chi connectivity index (χ1) is 14.5. The summed E-state index contributed by atoms with van der Waals surface area (Å²) in [5, 5.41) is 24.4. The summed E-state index contributed by atoms with van der Waals surface area (Å²) in [5.41, 5.74) is 2.74. The molecule has 8 heteroatoms. The van der Waals surface area contributed by atoms with Gasteiger partial charge in [-0.05, 0) is 42.8 Å². The number of amides is 3. The summed E-state index contributed by atoms with van der Waals surface area (Å²) in [7, 11) is 0. The van der Waals surface area contributed by atoms with E-state index in [2.05, 4.69) is 15.6 Å². The zero-order valence-electron chi connectivity index (χ0n) is 16.3. The number of nitrogens with zero attached hydrogens (tertiary/aromatic N) is 3. The van der Waals surface area contributed by atoms with Crippen molar-refractivity contribution in [1.29, 1.82) is 10.5 Å². The summed E-state index contributed by atoms with van der Waals surface area (Å²) in [5.74, 6) is -0.486. The molecule has 0 saturated heterocycles. The highest BCUT2D eigenvalue weighted by molar-refractivity contribution is 5.94. The second kappa shape index (κ2) is 9.26. The van der Waals surface area contributed by atoms with E-state index < -0.39 is 18.0 Å². The molecule has 2 aromatic carbocycles. The normalized spacial score (nSPS) is 11.2. The first kappa shape index (κ1) is 20.4. The van der Waals surface area contributed by atoms with Crippen LogP contribution in [0.3, 0.4) is 0 Å². The van der Waals surface area contributed by atoms with Crippen molar-refractivity contribution in [3.63, 3.8) is 0 Å². The Bertz CT molecular complexity index is 1140. The van der Waals surface area contributed by atoms with Gasteiger partial charge in [0.15, 0.2) is 6.19 Å². The van der Waals surface area contributed by atoms with Crippen LogP contribution >= 0.6 is 0 Å². The summed E-state index contributed by atoms with van der Waals surface area (Å²) in [4.78, 5) is 29.5. The van der Waals surface area contributed by atoms with Crippen molar-refractivity contribution in [2.45, 2.75) is 19.4 Å². The first-order valence-electron chi connectivity index (χ1n) is 9.39. The van der Waals surface area contributed by atoms with Crippen LogP contribution in [-0.2, 0) is 11.2 Å². The number of carbonyl (C=O) groups excluding carboxylic acids is 2. The fourth-order valence-corrected chi connectivity index (χ4v) is 3.14. The van der Waals surface area contributed by atoms with Gasteiger partial charge in [-0.3, -0.25) is 4.79 Å². The van der Waals surface area contributed by atoms with E-state index in [1.165, 1.54) is 0 Å². The van der Waals surface area contributed by atoms with Crippen molar-refractivity contribution in [1.82, 2.24) is 15.2 Å². The molecule has 1 heterocycles. The first-order valence-corrected chi connectivity index (χ1v) is 9.39. The van der Waals surface area contributed by atoms with Crippen LogP contribution in [0.4, 0.5) is 10.5 Å². The van der Waals surface area contributed by atoms with E-state index in [1.807, 2.05) is 36.5 Å². The molecule has 0 spiro atoms. The van der Waals surface area contributed by atoms with Crippen molar-refractivity contribution in [3.05, 3.63) is 65.9 Å². The Morgan fingerprint density at radius 1 is 1.13 bits per heavy atom. The number of urea groups is 1. The van der Waals surface area contributed by atoms with E-state index in [1.54, 1.807) is 37.4 Å². The van der Waals surface area contributed by atoms with Crippen molar-refractivity contribution in [3.8, 4) is 12.3 Å². The highest BCUT2D eigenvalue weighted by Gasteiger charge is 2.26. The van der Waals surface area contributed by atoms with E-state index in [-0.39, 0.29) is 13.0 Å². The summed E-state index contributed by atoms with van der Waals surface area (Å²) in [6.07, 6.45) is 3.88. The average molecular weight is 400 g/mol. The Balaban J connectivity index is 1.80. The molecule has 0 saturated carbocycles. The quantitative estimate of drug-likeness (QED) is 0.434. The molecule has 3 rings (SSSR count). The Morgan fingerprint density at radius 2 is 1.87 bits per heavy atom. The molecule has 0 radical (unpaired) electrons. The van der Waals surface area contributed by atoms with Crippen LogP contribution in [0.2, 0.25) is 0 Å². The molecule has 8 nitrogen and oxygen atoms in total. The molecule has 0 aliphatic carbocycles. The minimum atomic E-state index is -0.929. The number of aromatic nitrogens is 1. The number of benzene rings is 2. The van der Waals surface area contributed by atoms with Gasteiger partial charge in [-0.25, -0.2) is 9.69 Å². The maximum atomic E-state index is 12.9. The molecule has 1 atom stereocenters. The number of nitrogens with one attached hydrogen (secondary N) is 3. The van der Waals surface area contributed by atoms with Gasteiger partial charge in [0.05, 0.1) is 11.6 Å². The largest absolute Gasteiger partial charge is 0.361 e. The third-order valence-corrected chi connectivity index (χ3v) is 4.68. The van der Waals surface area contributed by atoms with Gasteiger partial charge in [-0.1, -0.05) is 18.2 Å². The predicted octanol–water partition coefficient (Wildman–Crippen LogP) is 3.10. The Kier molecular flexibility index (Phi) is 6.31. The van der Waals surface area contributed by atoms with Crippen molar-refractivity contribution in [2.24, 2.45) is 0 Å². The molecule has 3 amide bonds. The van der Waals surface area contributed by atoms with Crippen molar-refractivity contribution >= 4 is 28.5 Å². The summed E-state index contributed by atoms with van der Waals surface area (Å²) >= 11 is 0. The highest BCUT2D eigenvalue weighted by Crippen LogP contribution is 2.20. The lowest BCUT2D eigenvalue weighted by Crippen LogP contribution is -2.49.